The molecule has 0 aliphatic heterocycles. The average Bonchev–Trinajstić information content (AvgIpc) is 2.99. The van der Waals surface area contributed by atoms with Crippen LogP contribution < -0.4 is 9.47 Å². The van der Waals surface area contributed by atoms with Crippen molar-refractivity contribution >= 4 is 11.9 Å². The summed E-state index contributed by atoms with van der Waals surface area (Å²) in [5.74, 6) is -0.769. The molecule has 2 aromatic carbocycles. The first kappa shape index (κ1) is 38.8. The molecule has 0 aliphatic rings. The van der Waals surface area contributed by atoms with Crippen molar-refractivity contribution in [3.8, 4) is 34.5 Å². The van der Waals surface area contributed by atoms with E-state index in [-0.39, 0.29) is 52.9 Å². The molecule has 0 saturated carbocycles. The van der Waals surface area contributed by atoms with Gasteiger partial charge in [-0.05, 0) is 25.7 Å². The third kappa shape index (κ3) is 17.9. The van der Waals surface area contributed by atoms with Gasteiger partial charge < -0.3 is 29.9 Å². The number of hydrogen-bond acceptors (Lipinski definition) is 8. The van der Waals surface area contributed by atoms with Gasteiger partial charge in [0.1, 0.15) is 34.5 Å². The van der Waals surface area contributed by atoms with E-state index in [2.05, 4.69) is 6.92 Å². The van der Waals surface area contributed by atoms with Gasteiger partial charge in [0.15, 0.2) is 0 Å². The van der Waals surface area contributed by atoms with Crippen LogP contribution in [0.4, 0.5) is 0 Å². The van der Waals surface area contributed by atoms with Gasteiger partial charge in [-0.15, -0.1) is 0 Å². The molecule has 0 spiro atoms. The lowest BCUT2D eigenvalue weighted by molar-refractivity contribution is -0.135. The zero-order valence-corrected chi connectivity index (χ0v) is 28.1. The Hall–Kier alpha value is -3.42. The molecule has 2 aromatic rings. The highest BCUT2D eigenvalue weighted by atomic mass is 16.5. The lowest BCUT2D eigenvalue weighted by Gasteiger charge is -2.09. The van der Waals surface area contributed by atoms with Crippen molar-refractivity contribution in [2.75, 3.05) is 0 Å². The second-order valence-electron chi connectivity index (χ2n) is 12.5. The molecule has 0 atom stereocenters. The highest BCUT2D eigenvalue weighted by Crippen LogP contribution is 2.33. The van der Waals surface area contributed by atoms with Crippen molar-refractivity contribution in [3.05, 3.63) is 35.9 Å². The maximum atomic E-state index is 12.3. The molecule has 0 heterocycles. The number of esters is 2. The quantitative estimate of drug-likeness (QED) is 0.0452. The highest BCUT2D eigenvalue weighted by Gasteiger charge is 2.12. The van der Waals surface area contributed by atoms with E-state index in [0.717, 1.165) is 83.5 Å². The molecule has 0 amide bonds. The Morgan fingerprint density at radius 1 is 0.478 bits per heavy atom. The molecular weight excluding hydrogens is 584 g/mol. The van der Waals surface area contributed by atoms with Gasteiger partial charge in [-0.2, -0.15) is 0 Å². The monoisotopic (exact) mass is 642 g/mol. The van der Waals surface area contributed by atoms with Crippen molar-refractivity contribution in [1.29, 1.82) is 0 Å². The fraction of sp³-hybridized carbons (Fsp3) is 0.632. The first-order valence-corrected chi connectivity index (χ1v) is 17.8. The van der Waals surface area contributed by atoms with Gasteiger partial charge in [0, 0.05) is 48.7 Å². The number of unbranched alkanes of at least 4 members (excludes halogenated alkanes) is 18. The maximum absolute atomic E-state index is 12.3. The summed E-state index contributed by atoms with van der Waals surface area (Å²) in [6.45, 7) is 2.23. The largest absolute Gasteiger partial charge is 0.508 e. The summed E-state index contributed by atoms with van der Waals surface area (Å²) < 4.78 is 10.8. The van der Waals surface area contributed by atoms with Crippen molar-refractivity contribution in [1.82, 2.24) is 0 Å². The molecule has 0 saturated heterocycles. The molecule has 0 unspecified atom stereocenters. The molecule has 46 heavy (non-hydrogen) atoms. The number of aromatic hydroxyl groups is 4. The van der Waals surface area contributed by atoms with Crippen LogP contribution in [0, 0.1) is 0 Å². The van der Waals surface area contributed by atoms with Crippen LogP contribution >= 0.6 is 0 Å². The van der Waals surface area contributed by atoms with E-state index < -0.39 is 0 Å². The summed E-state index contributed by atoms with van der Waals surface area (Å²) >= 11 is 0. The molecule has 0 aliphatic carbocycles. The van der Waals surface area contributed by atoms with Crippen LogP contribution in [0.15, 0.2) is 30.3 Å². The smallest absolute Gasteiger partial charge is 0.311 e. The van der Waals surface area contributed by atoms with Crippen LogP contribution in [-0.4, -0.2) is 32.4 Å². The number of carbonyl (C=O) groups is 2. The first-order chi connectivity index (χ1) is 22.3. The number of benzene rings is 2. The number of phenolic OH excluding ortho intramolecular Hbond substituents is 4. The van der Waals surface area contributed by atoms with Crippen molar-refractivity contribution < 1.29 is 39.5 Å². The normalized spacial score (nSPS) is 11.1. The van der Waals surface area contributed by atoms with Gasteiger partial charge in [0.05, 0.1) is 0 Å². The second-order valence-corrected chi connectivity index (χ2v) is 12.5. The Kier molecular flexibility index (Phi) is 20.1. The predicted octanol–water partition coefficient (Wildman–Crippen LogP) is 10.2. The molecule has 4 N–H and O–H groups in total. The molecule has 0 fully saturated rings. The third-order valence-corrected chi connectivity index (χ3v) is 8.31. The third-order valence-electron chi connectivity index (χ3n) is 8.31. The van der Waals surface area contributed by atoms with Crippen LogP contribution in [0.1, 0.15) is 154 Å². The zero-order chi connectivity index (χ0) is 33.4. The van der Waals surface area contributed by atoms with E-state index in [1.54, 1.807) is 0 Å². The Morgan fingerprint density at radius 3 is 1.24 bits per heavy atom. The van der Waals surface area contributed by atoms with Gasteiger partial charge in [0.2, 0.25) is 0 Å². The van der Waals surface area contributed by atoms with E-state index in [4.69, 9.17) is 9.47 Å². The minimum atomic E-state index is -0.373. The van der Waals surface area contributed by atoms with E-state index in [9.17, 15) is 30.0 Å². The Labute approximate surface area is 276 Å². The fourth-order valence-corrected chi connectivity index (χ4v) is 5.67. The lowest BCUT2D eigenvalue weighted by atomic mass is 10.0. The Bertz CT molecular complexity index is 1120. The number of ether oxygens (including phenoxy) is 2. The lowest BCUT2D eigenvalue weighted by Crippen LogP contribution is -2.09. The van der Waals surface area contributed by atoms with Crippen molar-refractivity contribution in [2.45, 2.75) is 155 Å². The second kappa shape index (κ2) is 23.9. The van der Waals surface area contributed by atoms with E-state index >= 15 is 0 Å². The summed E-state index contributed by atoms with van der Waals surface area (Å²) in [5.41, 5.74) is 0.490. The Balaban J connectivity index is 1.48. The summed E-state index contributed by atoms with van der Waals surface area (Å²) in [5, 5.41) is 39.2. The standard InChI is InChI=1S/C38H58O8/c1-2-3-4-5-6-7-11-14-17-20-23-37(43)45-32-25-30(39)26-33(29-32)46-38(44)24-21-18-15-12-9-8-10-13-16-19-22-34-35(41)27-31(40)28-36(34)42/h25-29,39-42H,2-24H2,1H3. The fourth-order valence-electron chi connectivity index (χ4n) is 5.67. The number of hydrogen-bond donors (Lipinski definition) is 4. The molecule has 8 heteroatoms. The van der Waals surface area contributed by atoms with Crippen molar-refractivity contribution in [3.63, 3.8) is 0 Å². The topological polar surface area (TPSA) is 134 Å². The molecule has 2 rings (SSSR count). The predicted molar refractivity (Wildman–Crippen MR) is 182 cm³/mol. The van der Waals surface area contributed by atoms with Crippen LogP contribution in [0.5, 0.6) is 34.5 Å². The van der Waals surface area contributed by atoms with Gasteiger partial charge in [-0.25, -0.2) is 0 Å². The Morgan fingerprint density at radius 2 is 0.826 bits per heavy atom. The van der Waals surface area contributed by atoms with Gasteiger partial charge in [-0.3, -0.25) is 9.59 Å². The molecule has 0 radical (unpaired) electrons. The van der Waals surface area contributed by atoms with Crippen LogP contribution in [-0.2, 0) is 16.0 Å². The summed E-state index contributed by atoms with van der Waals surface area (Å²) in [6.07, 6.45) is 23.4. The van der Waals surface area contributed by atoms with Crippen LogP contribution in [0.3, 0.4) is 0 Å². The van der Waals surface area contributed by atoms with E-state index in [1.807, 2.05) is 0 Å². The van der Waals surface area contributed by atoms with Gasteiger partial charge in [-0.1, -0.05) is 116 Å². The molecule has 8 nitrogen and oxygen atoms in total. The van der Waals surface area contributed by atoms with Crippen LogP contribution in [0.2, 0.25) is 0 Å². The number of carbonyl (C=O) groups excluding carboxylic acids is 2. The average molecular weight is 643 g/mol. The van der Waals surface area contributed by atoms with Crippen molar-refractivity contribution in [2.24, 2.45) is 0 Å². The van der Waals surface area contributed by atoms with Crippen LogP contribution in [0.25, 0.3) is 0 Å². The number of rotatable bonds is 26. The molecular formula is C38H58O8. The summed E-state index contributed by atoms with van der Waals surface area (Å²) in [4.78, 5) is 24.6. The summed E-state index contributed by atoms with van der Waals surface area (Å²) in [7, 11) is 0. The SMILES string of the molecule is CCCCCCCCCCCCC(=O)Oc1cc(O)cc(OC(=O)CCCCCCCCCCCCc2c(O)cc(O)cc2O)c1. The minimum Gasteiger partial charge on any atom is -0.508 e. The van der Waals surface area contributed by atoms with E-state index in [0.29, 0.717) is 18.4 Å². The zero-order valence-electron chi connectivity index (χ0n) is 28.1. The molecule has 0 aromatic heterocycles. The first-order valence-electron chi connectivity index (χ1n) is 17.8. The highest BCUT2D eigenvalue weighted by molar-refractivity contribution is 5.74. The summed E-state index contributed by atoms with van der Waals surface area (Å²) in [6, 6.07) is 6.67. The number of phenols is 4. The van der Waals surface area contributed by atoms with E-state index in [1.165, 1.54) is 75.3 Å². The minimum absolute atomic E-state index is 0.0632. The maximum Gasteiger partial charge on any atom is 0.311 e. The van der Waals surface area contributed by atoms with Gasteiger partial charge in [0.25, 0.3) is 0 Å². The molecule has 0 bridgehead atoms. The van der Waals surface area contributed by atoms with Gasteiger partial charge >= 0.3 is 11.9 Å². The molecule has 258 valence electrons.